The van der Waals surface area contributed by atoms with Gasteiger partial charge in [0.25, 0.3) is 0 Å². The lowest BCUT2D eigenvalue weighted by Gasteiger charge is -2.10. The molecule has 0 spiro atoms. The molecule has 1 aromatic carbocycles. The summed E-state index contributed by atoms with van der Waals surface area (Å²) < 4.78 is 12.7. The molecule has 8 nitrogen and oxygen atoms in total. The van der Waals surface area contributed by atoms with Gasteiger partial charge in [-0.15, -0.1) is 10.2 Å². The highest BCUT2D eigenvalue weighted by atomic mass is 35.5. The van der Waals surface area contributed by atoms with Gasteiger partial charge in [-0.25, -0.2) is 0 Å². The molecule has 10 heteroatoms. The van der Waals surface area contributed by atoms with Crippen molar-refractivity contribution >= 4 is 29.3 Å². The van der Waals surface area contributed by atoms with Gasteiger partial charge in [0.1, 0.15) is 12.4 Å². The summed E-state index contributed by atoms with van der Waals surface area (Å²) in [7, 11) is 1.64. The molecule has 2 heterocycles. The molecule has 0 aliphatic rings. The lowest BCUT2D eigenvalue weighted by molar-refractivity contribution is -0.118. The highest BCUT2D eigenvalue weighted by Crippen LogP contribution is 2.23. The number of aromatic nitrogens is 4. The second kappa shape index (κ2) is 11.5. The Labute approximate surface area is 184 Å². The molecule has 1 amide bonds. The lowest BCUT2D eigenvalue weighted by Crippen LogP contribution is -2.29. The molecule has 2 aromatic heterocycles. The number of carbonyl (C=O) groups excluding carboxylic acids is 1. The summed E-state index contributed by atoms with van der Waals surface area (Å²) in [5, 5.41) is 12.7. The Morgan fingerprint density at radius 2 is 1.90 bits per heavy atom. The number of rotatable bonds is 11. The molecule has 158 valence electrons. The van der Waals surface area contributed by atoms with Crippen LogP contribution in [0.3, 0.4) is 0 Å². The first-order chi connectivity index (χ1) is 14.7. The number of halogens is 1. The molecule has 3 rings (SSSR count). The van der Waals surface area contributed by atoms with E-state index in [1.165, 1.54) is 11.8 Å². The summed E-state index contributed by atoms with van der Waals surface area (Å²) in [6.45, 7) is 1.87. The van der Waals surface area contributed by atoms with Crippen LogP contribution in [0.1, 0.15) is 0 Å². The number of benzene rings is 1. The summed E-state index contributed by atoms with van der Waals surface area (Å²) in [4.78, 5) is 16.2. The molecule has 0 aliphatic heterocycles. The van der Waals surface area contributed by atoms with Crippen LogP contribution in [-0.4, -0.2) is 58.3 Å². The van der Waals surface area contributed by atoms with E-state index in [1.54, 1.807) is 43.8 Å². The molecule has 0 radical (unpaired) electrons. The van der Waals surface area contributed by atoms with Crippen LogP contribution in [0.15, 0.2) is 53.9 Å². The van der Waals surface area contributed by atoms with Gasteiger partial charge >= 0.3 is 0 Å². The fourth-order valence-electron chi connectivity index (χ4n) is 2.57. The molecule has 30 heavy (non-hydrogen) atoms. The Kier molecular flexibility index (Phi) is 8.49. The zero-order valence-electron chi connectivity index (χ0n) is 16.5. The van der Waals surface area contributed by atoms with Gasteiger partial charge in [-0.2, -0.15) is 0 Å². The van der Waals surface area contributed by atoms with E-state index in [4.69, 9.17) is 21.1 Å². The van der Waals surface area contributed by atoms with Crippen molar-refractivity contribution in [3.05, 3.63) is 53.8 Å². The number of nitrogens with one attached hydrogen (secondary N) is 1. The van der Waals surface area contributed by atoms with Gasteiger partial charge in [0.15, 0.2) is 11.0 Å². The van der Waals surface area contributed by atoms with Crippen LogP contribution in [0, 0.1) is 0 Å². The van der Waals surface area contributed by atoms with E-state index in [9.17, 15) is 4.79 Å². The maximum absolute atomic E-state index is 12.2. The molecular formula is C20H22ClN5O3S. The third-order valence-electron chi connectivity index (χ3n) is 4.01. The van der Waals surface area contributed by atoms with E-state index in [1.807, 2.05) is 16.7 Å². The highest BCUT2D eigenvalue weighted by molar-refractivity contribution is 7.99. The minimum absolute atomic E-state index is 0.105. The van der Waals surface area contributed by atoms with E-state index in [0.29, 0.717) is 48.1 Å². The maximum atomic E-state index is 12.2. The number of ether oxygens (including phenoxy) is 2. The van der Waals surface area contributed by atoms with Crippen LogP contribution in [0.5, 0.6) is 5.75 Å². The minimum atomic E-state index is -0.105. The Morgan fingerprint density at radius 3 is 2.63 bits per heavy atom. The van der Waals surface area contributed by atoms with E-state index < -0.39 is 0 Å². The Morgan fingerprint density at radius 1 is 1.13 bits per heavy atom. The average molecular weight is 448 g/mol. The number of hydrogen-bond donors (Lipinski definition) is 1. The van der Waals surface area contributed by atoms with Gasteiger partial charge in [-0.05, 0) is 36.4 Å². The second-order valence-electron chi connectivity index (χ2n) is 6.13. The molecular weight excluding hydrogens is 426 g/mol. The van der Waals surface area contributed by atoms with Gasteiger partial charge < -0.3 is 14.8 Å². The number of pyridine rings is 1. The molecule has 0 atom stereocenters. The SMILES string of the molecule is COCCn1c(SCC(=O)NCCOc2ccc(Cl)cc2)nnc1-c1ccncc1. The van der Waals surface area contributed by atoms with Crippen LogP contribution in [-0.2, 0) is 16.1 Å². The van der Waals surface area contributed by atoms with Crippen molar-refractivity contribution in [2.45, 2.75) is 11.7 Å². The summed E-state index contributed by atoms with van der Waals surface area (Å²) >= 11 is 7.17. The fraction of sp³-hybridized carbons (Fsp3) is 0.300. The molecule has 0 fully saturated rings. The monoisotopic (exact) mass is 447 g/mol. The van der Waals surface area contributed by atoms with Gasteiger partial charge in [0.05, 0.1) is 25.4 Å². The van der Waals surface area contributed by atoms with Crippen LogP contribution >= 0.6 is 23.4 Å². The number of carbonyl (C=O) groups is 1. The van der Waals surface area contributed by atoms with Crippen LogP contribution < -0.4 is 10.1 Å². The topological polar surface area (TPSA) is 91.2 Å². The first-order valence-corrected chi connectivity index (χ1v) is 10.6. The quantitative estimate of drug-likeness (QED) is 0.357. The Balaban J connectivity index is 1.50. The average Bonchev–Trinajstić information content (AvgIpc) is 3.18. The minimum Gasteiger partial charge on any atom is -0.492 e. The number of hydrogen-bond acceptors (Lipinski definition) is 7. The van der Waals surface area contributed by atoms with Crippen molar-refractivity contribution in [3.63, 3.8) is 0 Å². The Hall–Kier alpha value is -2.62. The smallest absolute Gasteiger partial charge is 0.230 e. The van der Waals surface area contributed by atoms with Crippen molar-refractivity contribution in [2.24, 2.45) is 0 Å². The fourth-order valence-corrected chi connectivity index (χ4v) is 3.49. The van der Waals surface area contributed by atoms with E-state index >= 15 is 0 Å². The third-order valence-corrected chi connectivity index (χ3v) is 5.23. The number of nitrogens with zero attached hydrogens (tertiary/aromatic N) is 4. The number of thioether (sulfide) groups is 1. The molecule has 0 bridgehead atoms. The second-order valence-corrected chi connectivity index (χ2v) is 7.51. The van der Waals surface area contributed by atoms with Crippen LogP contribution in [0.25, 0.3) is 11.4 Å². The summed E-state index contributed by atoms with van der Waals surface area (Å²) in [5.41, 5.74) is 0.907. The van der Waals surface area contributed by atoms with Gasteiger partial charge in [0, 0.05) is 30.1 Å². The first kappa shape index (κ1) is 22.1. The molecule has 0 saturated carbocycles. The molecule has 0 unspecified atom stereocenters. The van der Waals surface area contributed by atoms with Crippen LogP contribution in [0.2, 0.25) is 5.02 Å². The first-order valence-electron chi connectivity index (χ1n) is 9.28. The van der Waals surface area contributed by atoms with Crippen molar-refractivity contribution < 1.29 is 14.3 Å². The van der Waals surface area contributed by atoms with Gasteiger partial charge in [0.2, 0.25) is 5.91 Å². The number of methoxy groups -OCH3 is 1. The van der Waals surface area contributed by atoms with E-state index in [2.05, 4.69) is 20.5 Å². The third kappa shape index (κ3) is 6.45. The van der Waals surface area contributed by atoms with Crippen molar-refractivity contribution in [1.29, 1.82) is 0 Å². The van der Waals surface area contributed by atoms with Gasteiger partial charge in [-0.3, -0.25) is 14.3 Å². The molecule has 1 N–H and O–H groups in total. The molecule has 0 aliphatic carbocycles. The normalized spacial score (nSPS) is 10.7. The van der Waals surface area contributed by atoms with Gasteiger partial charge in [-0.1, -0.05) is 23.4 Å². The van der Waals surface area contributed by atoms with Crippen LogP contribution in [0.4, 0.5) is 0 Å². The van der Waals surface area contributed by atoms with E-state index in [0.717, 1.165) is 5.56 Å². The summed E-state index contributed by atoms with van der Waals surface area (Å²) in [6, 6.07) is 10.8. The van der Waals surface area contributed by atoms with Crippen molar-refractivity contribution in [1.82, 2.24) is 25.1 Å². The maximum Gasteiger partial charge on any atom is 0.230 e. The molecule has 0 saturated heterocycles. The predicted octanol–water partition coefficient (Wildman–Crippen LogP) is 2.93. The highest BCUT2D eigenvalue weighted by Gasteiger charge is 2.15. The standard InChI is InChI=1S/C20H22ClN5O3S/c1-28-13-11-26-19(15-6-8-22-9-7-15)24-25-20(26)30-14-18(27)23-10-12-29-17-4-2-16(21)3-5-17/h2-9H,10-14H2,1H3,(H,23,27). The molecule has 3 aromatic rings. The van der Waals surface area contributed by atoms with E-state index in [-0.39, 0.29) is 11.7 Å². The van der Waals surface area contributed by atoms with Crippen molar-refractivity contribution in [3.8, 4) is 17.1 Å². The largest absolute Gasteiger partial charge is 0.492 e. The summed E-state index contributed by atoms with van der Waals surface area (Å²) in [5.74, 6) is 1.54. The van der Waals surface area contributed by atoms with Crippen molar-refractivity contribution in [2.75, 3.05) is 32.6 Å². The zero-order valence-corrected chi connectivity index (χ0v) is 18.0. The Bertz CT molecular complexity index is 937. The number of amides is 1. The lowest BCUT2D eigenvalue weighted by atomic mass is 10.2. The summed E-state index contributed by atoms with van der Waals surface area (Å²) in [6.07, 6.45) is 3.41. The zero-order chi connectivity index (χ0) is 21.2. The predicted molar refractivity (Wildman–Crippen MR) is 116 cm³/mol.